The molecule has 0 amide bonds. The van der Waals surface area contributed by atoms with Crippen LogP contribution in [0.2, 0.25) is 0 Å². The zero-order valence-electron chi connectivity index (χ0n) is 11.7. The third-order valence-corrected chi connectivity index (χ3v) is 6.45. The maximum absolute atomic E-state index is 12.4. The van der Waals surface area contributed by atoms with Crippen molar-refractivity contribution in [2.24, 2.45) is 11.7 Å². The summed E-state index contributed by atoms with van der Waals surface area (Å²) in [4.78, 5) is 16.7. The molecule has 1 saturated carbocycles. The second-order valence-electron chi connectivity index (χ2n) is 5.54. The number of aromatic nitrogens is 1. The highest BCUT2D eigenvalue weighted by molar-refractivity contribution is 7.91. The molecular formula is C13H20N2O3S2. The summed E-state index contributed by atoms with van der Waals surface area (Å²) >= 11 is 1.38. The summed E-state index contributed by atoms with van der Waals surface area (Å²) in [5.74, 6) is -0.270. The third kappa shape index (κ3) is 3.45. The summed E-state index contributed by atoms with van der Waals surface area (Å²) < 4.78 is 23.3. The number of carbonyl (C=O) groups is 1. The molecule has 0 bridgehead atoms. The molecule has 0 radical (unpaired) electrons. The average Bonchev–Trinajstić information content (AvgIpc) is 2.87. The number of hydrogen-bond donors (Lipinski definition) is 1. The lowest BCUT2D eigenvalue weighted by Gasteiger charge is -2.26. The third-order valence-electron chi connectivity index (χ3n) is 3.77. The molecule has 0 aromatic carbocycles. The predicted octanol–water partition coefficient (Wildman–Crippen LogP) is 1.95. The molecule has 1 aromatic rings. The van der Waals surface area contributed by atoms with E-state index in [2.05, 4.69) is 4.98 Å². The fourth-order valence-electron chi connectivity index (χ4n) is 2.59. The maximum Gasteiger partial charge on any atom is 0.185 e. The first-order chi connectivity index (χ1) is 9.29. The Kier molecular flexibility index (Phi) is 4.61. The monoisotopic (exact) mass is 316 g/mol. The zero-order chi connectivity index (χ0) is 14.9. The van der Waals surface area contributed by atoms with E-state index in [1.807, 2.05) is 6.92 Å². The quantitative estimate of drug-likeness (QED) is 0.857. The van der Waals surface area contributed by atoms with Gasteiger partial charge in [-0.2, -0.15) is 0 Å². The van der Waals surface area contributed by atoms with Crippen molar-refractivity contribution in [3.05, 3.63) is 16.1 Å². The van der Waals surface area contributed by atoms with Crippen LogP contribution < -0.4 is 5.73 Å². The molecule has 1 heterocycles. The van der Waals surface area contributed by atoms with Crippen LogP contribution in [0, 0.1) is 5.92 Å². The molecule has 3 unspecified atom stereocenters. The second-order valence-corrected chi connectivity index (χ2v) is 8.75. The van der Waals surface area contributed by atoms with E-state index in [1.165, 1.54) is 17.6 Å². The standard InChI is InChI=1S/C13H20N2O3S2/c1-8(14)13-15-11(7-19-13)12(16)9-4-3-5-10(6-9)20(2,17)18/h7-10H,3-6,14H2,1-2H3. The van der Waals surface area contributed by atoms with Crippen LogP contribution in [0.15, 0.2) is 5.38 Å². The van der Waals surface area contributed by atoms with Crippen molar-refractivity contribution in [1.29, 1.82) is 0 Å². The summed E-state index contributed by atoms with van der Waals surface area (Å²) in [6, 6.07) is -0.184. The highest BCUT2D eigenvalue weighted by Gasteiger charge is 2.33. The van der Waals surface area contributed by atoms with E-state index >= 15 is 0 Å². The van der Waals surface area contributed by atoms with Crippen molar-refractivity contribution >= 4 is 27.0 Å². The Hall–Kier alpha value is -0.790. The Balaban J connectivity index is 2.12. The molecular weight excluding hydrogens is 296 g/mol. The van der Waals surface area contributed by atoms with Crippen LogP contribution in [-0.4, -0.2) is 30.7 Å². The molecule has 7 heteroatoms. The number of carbonyl (C=O) groups excluding carboxylic acids is 1. The smallest absolute Gasteiger partial charge is 0.185 e. The summed E-state index contributed by atoms with van der Waals surface area (Å²) in [5, 5.41) is 2.08. The lowest BCUT2D eigenvalue weighted by molar-refractivity contribution is 0.0886. The Morgan fingerprint density at radius 3 is 2.75 bits per heavy atom. The first-order valence-electron chi connectivity index (χ1n) is 6.73. The topological polar surface area (TPSA) is 90.1 Å². The SMILES string of the molecule is CC(N)c1nc(C(=O)C2CCCC(S(C)(=O)=O)C2)cs1. The first-order valence-corrected chi connectivity index (χ1v) is 9.56. The van der Waals surface area contributed by atoms with Gasteiger partial charge in [0.25, 0.3) is 0 Å². The normalized spacial score (nSPS) is 25.4. The molecule has 2 rings (SSSR count). The largest absolute Gasteiger partial charge is 0.322 e. The van der Waals surface area contributed by atoms with Gasteiger partial charge in [0.1, 0.15) is 20.5 Å². The van der Waals surface area contributed by atoms with Crippen molar-refractivity contribution in [3.63, 3.8) is 0 Å². The number of thiazole rings is 1. The molecule has 112 valence electrons. The molecule has 0 saturated heterocycles. The van der Waals surface area contributed by atoms with E-state index < -0.39 is 15.1 Å². The van der Waals surface area contributed by atoms with Crippen LogP contribution in [0.5, 0.6) is 0 Å². The lowest BCUT2D eigenvalue weighted by atomic mass is 9.85. The van der Waals surface area contributed by atoms with Gasteiger partial charge in [-0.1, -0.05) is 6.42 Å². The van der Waals surface area contributed by atoms with E-state index in [1.54, 1.807) is 5.38 Å². The number of nitrogens with zero attached hydrogens (tertiary/aromatic N) is 1. The highest BCUT2D eigenvalue weighted by Crippen LogP contribution is 2.31. The Labute approximate surface area is 123 Å². The van der Waals surface area contributed by atoms with E-state index in [-0.39, 0.29) is 17.7 Å². The molecule has 3 atom stereocenters. The fraction of sp³-hybridized carbons (Fsp3) is 0.692. The zero-order valence-corrected chi connectivity index (χ0v) is 13.3. The molecule has 1 aromatic heterocycles. The maximum atomic E-state index is 12.4. The second kappa shape index (κ2) is 5.91. The molecule has 0 aliphatic heterocycles. The van der Waals surface area contributed by atoms with Crippen LogP contribution in [-0.2, 0) is 9.84 Å². The van der Waals surface area contributed by atoms with Gasteiger partial charge in [-0.05, 0) is 26.2 Å². The summed E-state index contributed by atoms with van der Waals surface area (Å²) in [6.45, 7) is 1.83. The van der Waals surface area contributed by atoms with Crippen molar-refractivity contribution in [1.82, 2.24) is 4.98 Å². The van der Waals surface area contributed by atoms with E-state index in [0.717, 1.165) is 17.8 Å². The minimum absolute atomic E-state index is 0.0403. The number of Topliss-reactive ketones (excluding diaryl/α,β-unsaturated/α-hetero) is 1. The van der Waals surface area contributed by atoms with Gasteiger partial charge in [0.15, 0.2) is 5.78 Å². The Morgan fingerprint density at radius 1 is 1.50 bits per heavy atom. The van der Waals surface area contributed by atoms with Gasteiger partial charge in [0, 0.05) is 17.6 Å². The summed E-state index contributed by atoms with van der Waals surface area (Å²) in [5.41, 5.74) is 6.17. The minimum atomic E-state index is -3.07. The fourth-order valence-corrected chi connectivity index (χ4v) is 4.53. The van der Waals surface area contributed by atoms with Crippen LogP contribution in [0.4, 0.5) is 0 Å². The first kappa shape index (κ1) is 15.6. The molecule has 5 nitrogen and oxygen atoms in total. The van der Waals surface area contributed by atoms with Gasteiger partial charge in [-0.3, -0.25) is 4.79 Å². The molecule has 1 aliphatic rings. The van der Waals surface area contributed by atoms with Crippen molar-refractivity contribution in [2.75, 3.05) is 6.26 Å². The highest BCUT2D eigenvalue weighted by atomic mass is 32.2. The van der Waals surface area contributed by atoms with Gasteiger partial charge in [-0.15, -0.1) is 11.3 Å². The van der Waals surface area contributed by atoms with Crippen LogP contribution in [0.25, 0.3) is 0 Å². The number of sulfone groups is 1. The lowest BCUT2D eigenvalue weighted by Crippen LogP contribution is -2.31. The average molecular weight is 316 g/mol. The number of rotatable bonds is 4. The number of ketones is 1. The van der Waals surface area contributed by atoms with Crippen LogP contribution >= 0.6 is 11.3 Å². The van der Waals surface area contributed by atoms with Crippen molar-refractivity contribution in [3.8, 4) is 0 Å². The minimum Gasteiger partial charge on any atom is -0.322 e. The summed E-state index contributed by atoms with van der Waals surface area (Å²) in [6.07, 6.45) is 3.85. The molecule has 1 aliphatic carbocycles. The van der Waals surface area contributed by atoms with Crippen molar-refractivity contribution in [2.45, 2.75) is 43.9 Å². The Morgan fingerprint density at radius 2 is 2.20 bits per heavy atom. The number of hydrogen-bond acceptors (Lipinski definition) is 6. The molecule has 20 heavy (non-hydrogen) atoms. The van der Waals surface area contributed by atoms with Gasteiger partial charge >= 0.3 is 0 Å². The van der Waals surface area contributed by atoms with Crippen LogP contribution in [0.1, 0.15) is 54.1 Å². The van der Waals surface area contributed by atoms with E-state index in [9.17, 15) is 13.2 Å². The number of nitrogens with two attached hydrogens (primary N) is 1. The van der Waals surface area contributed by atoms with Gasteiger partial charge in [-0.25, -0.2) is 13.4 Å². The van der Waals surface area contributed by atoms with Gasteiger partial charge < -0.3 is 5.73 Å². The van der Waals surface area contributed by atoms with E-state index in [4.69, 9.17) is 5.73 Å². The van der Waals surface area contributed by atoms with Gasteiger partial charge in [0.2, 0.25) is 0 Å². The molecule has 0 spiro atoms. The summed E-state index contributed by atoms with van der Waals surface area (Å²) in [7, 11) is -3.07. The van der Waals surface area contributed by atoms with Crippen LogP contribution in [0.3, 0.4) is 0 Å². The molecule has 2 N–H and O–H groups in total. The Bertz CT molecular complexity index is 593. The van der Waals surface area contributed by atoms with E-state index in [0.29, 0.717) is 18.5 Å². The predicted molar refractivity (Wildman–Crippen MR) is 79.6 cm³/mol. The van der Waals surface area contributed by atoms with Crippen molar-refractivity contribution < 1.29 is 13.2 Å². The molecule has 1 fully saturated rings. The van der Waals surface area contributed by atoms with Gasteiger partial charge in [0.05, 0.1) is 11.3 Å².